The van der Waals surface area contributed by atoms with E-state index in [4.69, 9.17) is 4.42 Å². The summed E-state index contributed by atoms with van der Waals surface area (Å²) >= 11 is 0. The van der Waals surface area contributed by atoms with Crippen LogP contribution in [0.5, 0.6) is 0 Å². The summed E-state index contributed by atoms with van der Waals surface area (Å²) in [5.74, 6) is 1.69. The van der Waals surface area contributed by atoms with Gasteiger partial charge >= 0.3 is 0 Å². The van der Waals surface area contributed by atoms with Crippen molar-refractivity contribution in [2.24, 2.45) is 10.9 Å². The van der Waals surface area contributed by atoms with E-state index in [1.54, 1.807) is 17.0 Å². The number of sulfone groups is 1. The summed E-state index contributed by atoms with van der Waals surface area (Å²) in [6.45, 7) is 5.83. The van der Waals surface area contributed by atoms with Gasteiger partial charge in [-0.1, -0.05) is 0 Å². The Labute approximate surface area is 154 Å². The predicted octanol–water partition coefficient (Wildman–Crippen LogP) is 0.438. The summed E-state index contributed by atoms with van der Waals surface area (Å²) in [5, 5.41) is 3.27. The standard InChI is InChI=1S/C17H26N4O4S/c1-2-18-17(19-12-14-5-11-26(23,24)13-14)21-8-6-20(7-9-21)16(22)15-4-3-10-25-15/h3-4,10,14H,2,5-9,11-13H2,1H3,(H,18,19). The summed E-state index contributed by atoms with van der Waals surface area (Å²) in [4.78, 5) is 20.9. The molecule has 26 heavy (non-hydrogen) atoms. The molecule has 0 spiro atoms. The topological polar surface area (TPSA) is 95.2 Å². The summed E-state index contributed by atoms with van der Waals surface area (Å²) in [6, 6.07) is 3.39. The van der Waals surface area contributed by atoms with E-state index in [1.807, 2.05) is 6.92 Å². The Kier molecular flexibility index (Phi) is 5.85. The van der Waals surface area contributed by atoms with E-state index >= 15 is 0 Å². The quantitative estimate of drug-likeness (QED) is 0.600. The van der Waals surface area contributed by atoms with Gasteiger partial charge in [-0.05, 0) is 31.4 Å². The van der Waals surface area contributed by atoms with Gasteiger partial charge in [-0.2, -0.15) is 0 Å². The number of guanidine groups is 1. The van der Waals surface area contributed by atoms with Crippen molar-refractivity contribution in [2.75, 3.05) is 50.8 Å². The second-order valence-electron chi connectivity index (χ2n) is 6.72. The molecule has 1 amide bonds. The molecule has 2 fully saturated rings. The van der Waals surface area contributed by atoms with Gasteiger partial charge in [-0.15, -0.1) is 0 Å². The van der Waals surface area contributed by atoms with Crippen LogP contribution in [0, 0.1) is 5.92 Å². The lowest BCUT2D eigenvalue weighted by Gasteiger charge is -2.36. The van der Waals surface area contributed by atoms with Crippen LogP contribution >= 0.6 is 0 Å². The molecule has 8 nitrogen and oxygen atoms in total. The van der Waals surface area contributed by atoms with E-state index < -0.39 is 9.84 Å². The molecule has 1 atom stereocenters. The highest BCUT2D eigenvalue weighted by Crippen LogP contribution is 2.18. The van der Waals surface area contributed by atoms with Crippen LogP contribution in [0.4, 0.5) is 0 Å². The van der Waals surface area contributed by atoms with Gasteiger partial charge in [0.05, 0.1) is 17.8 Å². The molecule has 9 heteroatoms. The second kappa shape index (κ2) is 8.11. The Bertz CT molecular complexity index is 737. The molecule has 3 heterocycles. The minimum atomic E-state index is -2.88. The molecule has 2 saturated heterocycles. The Morgan fingerprint density at radius 3 is 2.62 bits per heavy atom. The second-order valence-corrected chi connectivity index (χ2v) is 8.95. The van der Waals surface area contributed by atoms with Gasteiger partial charge in [-0.3, -0.25) is 9.79 Å². The number of hydrogen-bond acceptors (Lipinski definition) is 5. The third-order valence-electron chi connectivity index (χ3n) is 4.76. The molecule has 0 bridgehead atoms. The molecule has 1 unspecified atom stereocenters. The number of nitrogens with zero attached hydrogens (tertiary/aromatic N) is 3. The van der Waals surface area contributed by atoms with Gasteiger partial charge in [0.25, 0.3) is 5.91 Å². The Hall–Kier alpha value is -2.03. The number of aliphatic imine (C=N–C) groups is 1. The molecule has 144 valence electrons. The minimum absolute atomic E-state index is 0.0900. The summed E-state index contributed by atoms with van der Waals surface area (Å²) in [6.07, 6.45) is 2.19. The number of furan rings is 1. The van der Waals surface area contributed by atoms with Crippen LogP contribution in [0.2, 0.25) is 0 Å². The van der Waals surface area contributed by atoms with Crippen LogP contribution in [0.15, 0.2) is 27.8 Å². The number of carbonyl (C=O) groups excluding carboxylic acids is 1. The first-order valence-corrected chi connectivity index (χ1v) is 10.9. The van der Waals surface area contributed by atoms with Crippen LogP contribution in [0.3, 0.4) is 0 Å². The molecule has 0 aliphatic carbocycles. The normalized spacial score (nSPS) is 23.3. The third kappa shape index (κ3) is 4.57. The van der Waals surface area contributed by atoms with Gasteiger partial charge in [0.1, 0.15) is 0 Å². The highest BCUT2D eigenvalue weighted by Gasteiger charge is 2.28. The minimum Gasteiger partial charge on any atom is -0.459 e. The van der Waals surface area contributed by atoms with E-state index in [1.165, 1.54) is 6.26 Å². The van der Waals surface area contributed by atoms with Crippen molar-refractivity contribution in [2.45, 2.75) is 13.3 Å². The lowest BCUT2D eigenvalue weighted by atomic mass is 10.1. The van der Waals surface area contributed by atoms with E-state index in [0.29, 0.717) is 44.9 Å². The zero-order valence-corrected chi connectivity index (χ0v) is 15.9. The fourth-order valence-corrected chi connectivity index (χ4v) is 5.18. The van der Waals surface area contributed by atoms with Gasteiger partial charge in [-0.25, -0.2) is 8.42 Å². The molecule has 2 aliphatic rings. The van der Waals surface area contributed by atoms with Gasteiger partial charge in [0.15, 0.2) is 21.6 Å². The number of rotatable bonds is 4. The molecule has 0 aromatic carbocycles. The number of carbonyl (C=O) groups is 1. The number of amides is 1. The molecule has 0 radical (unpaired) electrons. The number of piperazine rings is 1. The van der Waals surface area contributed by atoms with Crippen LogP contribution in [-0.2, 0) is 9.84 Å². The first kappa shape index (κ1) is 18.8. The van der Waals surface area contributed by atoms with Crippen molar-refractivity contribution >= 4 is 21.7 Å². The fraction of sp³-hybridized carbons (Fsp3) is 0.647. The molecule has 1 aromatic rings. The van der Waals surface area contributed by atoms with Crippen LogP contribution in [0.1, 0.15) is 23.9 Å². The zero-order valence-electron chi connectivity index (χ0n) is 15.1. The molecule has 3 rings (SSSR count). The monoisotopic (exact) mass is 382 g/mol. The maximum Gasteiger partial charge on any atom is 0.289 e. The molecule has 1 N–H and O–H groups in total. The highest BCUT2D eigenvalue weighted by molar-refractivity contribution is 7.91. The lowest BCUT2D eigenvalue weighted by Crippen LogP contribution is -2.53. The van der Waals surface area contributed by atoms with E-state index in [2.05, 4.69) is 15.2 Å². The van der Waals surface area contributed by atoms with E-state index in [9.17, 15) is 13.2 Å². The van der Waals surface area contributed by atoms with Gasteiger partial charge in [0.2, 0.25) is 0 Å². The smallest absolute Gasteiger partial charge is 0.289 e. The van der Waals surface area contributed by atoms with Crippen LogP contribution in [0.25, 0.3) is 0 Å². The Balaban J connectivity index is 1.56. The van der Waals surface area contributed by atoms with Crippen molar-refractivity contribution in [3.05, 3.63) is 24.2 Å². The van der Waals surface area contributed by atoms with Crippen molar-refractivity contribution in [3.8, 4) is 0 Å². The average Bonchev–Trinajstić information content (AvgIpc) is 3.28. The molecule has 1 aromatic heterocycles. The Morgan fingerprint density at radius 1 is 1.31 bits per heavy atom. The molecular weight excluding hydrogens is 356 g/mol. The summed E-state index contributed by atoms with van der Waals surface area (Å²) in [5.41, 5.74) is 0. The lowest BCUT2D eigenvalue weighted by molar-refractivity contribution is 0.0657. The maximum atomic E-state index is 12.3. The number of hydrogen-bond donors (Lipinski definition) is 1. The average molecular weight is 382 g/mol. The first-order valence-electron chi connectivity index (χ1n) is 9.05. The van der Waals surface area contributed by atoms with E-state index in [-0.39, 0.29) is 23.3 Å². The summed E-state index contributed by atoms with van der Waals surface area (Å²) in [7, 11) is -2.88. The first-order chi connectivity index (χ1) is 12.5. The SMILES string of the molecule is CCNC(=NCC1CCS(=O)(=O)C1)N1CCN(C(=O)c2ccco2)CC1. The predicted molar refractivity (Wildman–Crippen MR) is 98.9 cm³/mol. The van der Waals surface area contributed by atoms with Crippen molar-refractivity contribution in [1.82, 2.24) is 15.1 Å². The maximum absolute atomic E-state index is 12.3. The zero-order chi connectivity index (χ0) is 18.6. The fourth-order valence-electron chi connectivity index (χ4n) is 3.33. The third-order valence-corrected chi connectivity index (χ3v) is 6.60. The molecule has 0 saturated carbocycles. The molecule has 2 aliphatic heterocycles. The van der Waals surface area contributed by atoms with Crippen LogP contribution in [-0.4, -0.2) is 80.9 Å². The van der Waals surface area contributed by atoms with Crippen molar-refractivity contribution in [1.29, 1.82) is 0 Å². The van der Waals surface area contributed by atoms with Gasteiger partial charge in [0, 0.05) is 39.3 Å². The molecular formula is C17H26N4O4S. The van der Waals surface area contributed by atoms with E-state index in [0.717, 1.165) is 12.5 Å². The van der Waals surface area contributed by atoms with Crippen molar-refractivity contribution < 1.29 is 17.6 Å². The Morgan fingerprint density at radius 2 is 2.04 bits per heavy atom. The van der Waals surface area contributed by atoms with Gasteiger partial charge < -0.3 is 19.5 Å². The van der Waals surface area contributed by atoms with Crippen LogP contribution < -0.4 is 5.32 Å². The van der Waals surface area contributed by atoms with Crippen molar-refractivity contribution in [3.63, 3.8) is 0 Å². The summed E-state index contributed by atoms with van der Waals surface area (Å²) < 4.78 is 28.4. The number of nitrogens with one attached hydrogen (secondary N) is 1. The largest absolute Gasteiger partial charge is 0.459 e. The highest BCUT2D eigenvalue weighted by atomic mass is 32.2.